The number of anilines is 2. The second-order valence-corrected chi connectivity index (χ2v) is 4.61. The summed E-state index contributed by atoms with van der Waals surface area (Å²) in [6.07, 6.45) is 3.64. The van der Waals surface area contributed by atoms with Gasteiger partial charge in [0.05, 0.1) is 11.9 Å². The first-order valence-electron chi connectivity index (χ1n) is 6.07. The van der Waals surface area contributed by atoms with E-state index in [1.807, 2.05) is 19.3 Å². The van der Waals surface area contributed by atoms with Crippen LogP contribution in [0.5, 0.6) is 0 Å². The molecule has 0 saturated heterocycles. The summed E-state index contributed by atoms with van der Waals surface area (Å²) in [5.74, 6) is 0. The van der Waals surface area contributed by atoms with E-state index in [0.29, 0.717) is 6.54 Å². The van der Waals surface area contributed by atoms with E-state index in [2.05, 4.69) is 41.9 Å². The molecule has 2 aromatic rings. The van der Waals surface area contributed by atoms with Crippen molar-refractivity contribution in [2.45, 2.75) is 20.4 Å². The third-order valence-corrected chi connectivity index (χ3v) is 3.06. The van der Waals surface area contributed by atoms with E-state index in [9.17, 15) is 0 Å². The van der Waals surface area contributed by atoms with Crippen molar-refractivity contribution in [1.29, 1.82) is 0 Å². The van der Waals surface area contributed by atoms with E-state index in [1.54, 1.807) is 6.20 Å². The summed E-state index contributed by atoms with van der Waals surface area (Å²) < 4.78 is 0. The maximum Gasteiger partial charge on any atom is 0.0640 e. The molecule has 0 amide bonds. The van der Waals surface area contributed by atoms with E-state index in [1.165, 1.54) is 11.1 Å². The molecule has 1 aromatic heterocycles. The van der Waals surface area contributed by atoms with E-state index in [-0.39, 0.29) is 0 Å². The lowest BCUT2D eigenvalue weighted by Gasteiger charge is -2.22. The molecule has 18 heavy (non-hydrogen) atoms. The van der Waals surface area contributed by atoms with Gasteiger partial charge in [-0.1, -0.05) is 6.07 Å². The number of aromatic nitrogens is 1. The van der Waals surface area contributed by atoms with Crippen LogP contribution in [0.1, 0.15) is 16.7 Å². The molecule has 1 aromatic carbocycles. The van der Waals surface area contributed by atoms with Crippen molar-refractivity contribution in [2.75, 3.05) is 11.9 Å². The molecule has 1 heterocycles. The topological polar surface area (TPSA) is 42.2 Å². The first-order chi connectivity index (χ1) is 8.61. The summed E-state index contributed by atoms with van der Waals surface area (Å²) in [5, 5.41) is 0. The van der Waals surface area contributed by atoms with Crippen LogP contribution < -0.4 is 10.6 Å². The van der Waals surface area contributed by atoms with Crippen LogP contribution >= 0.6 is 0 Å². The molecular formula is C15H19N3. The number of rotatable bonds is 3. The standard InChI is InChI=1S/C15H19N3/c1-11-6-12(2)8-14(7-11)18(3)15-10-17-5-4-13(15)9-16/h4-8,10H,9,16H2,1-3H3. The molecule has 2 N–H and O–H groups in total. The van der Waals surface area contributed by atoms with Crippen LogP contribution in [0.25, 0.3) is 0 Å². The predicted octanol–water partition coefficient (Wildman–Crippen LogP) is 2.93. The SMILES string of the molecule is Cc1cc(C)cc(N(C)c2cnccc2CN)c1. The molecule has 3 nitrogen and oxygen atoms in total. The normalized spacial score (nSPS) is 10.4. The van der Waals surface area contributed by atoms with Gasteiger partial charge in [-0.05, 0) is 48.7 Å². The van der Waals surface area contributed by atoms with Gasteiger partial charge in [-0.2, -0.15) is 0 Å². The molecule has 0 aliphatic rings. The van der Waals surface area contributed by atoms with Gasteiger partial charge in [0.2, 0.25) is 0 Å². The van der Waals surface area contributed by atoms with Gasteiger partial charge in [0, 0.05) is 25.5 Å². The van der Waals surface area contributed by atoms with Crippen molar-refractivity contribution < 1.29 is 0 Å². The van der Waals surface area contributed by atoms with Gasteiger partial charge < -0.3 is 10.6 Å². The zero-order valence-corrected chi connectivity index (χ0v) is 11.1. The van der Waals surface area contributed by atoms with Gasteiger partial charge in [0.1, 0.15) is 0 Å². The predicted molar refractivity (Wildman–Crippen MR) is 76.1 cm³/mol. The van der Waals surface area contributed by atoms with Crippen LogP contribution in [-0.4, -0.2) is 12.0 Å². The fourth-order valence-corrected chi connectivity index (χ4v) is 2.17. The fourth-order valence-electron chi connectivity index (χ4n) is 2.17. The van der Waals surface area contributed by atoms with Crippen LogP contribution in [0.3, 0.4) is 0 Å². The molecular weight excluding hydrogens is 222 g/mol. The minimum atomic E-state index is 0.521. The van der Waals surface area contributed by atoms with Crippen molar-refractivity contribution >= 4 is 11.4 Å². The van der Waals surface area contributed by atoms with Crippen LogP contribution in [0, 0.1) is 13.8 Å². The molecule has 0 saturated carbocycles. The second-order valence-electron chi connectivity index (χ2n) is 4.61. The Morgan fingerprint density at radius 1 is 1.17 bits per heavy atom. The van der Waals surface area contributed by atoms with Crippen molar-refractivity contribution in [1.82, 2.24) is 4.98 Å². The highest BCUT2D eigenvalue weighted by atomic mass is 15.1. The molecule has 0 spiro atoms. The van der Waals surface area contributed by atoms with E-state index >= 15 is 0 Å². The molecule has 3 heteroatoms. The monoisotopic (exact) mass is 241 g/mol. The molecule has 0 aliphatic heterocycles. The summed E-state index contributed by atoms with van der Waals surface area (Å²) in [5.41, 5.74) is 11.6. The Labute approximate surface area is 108 Å². The largest absolute Gasteiger partial charge is 0.343 e. The molecule has 0 unspecified atom stereocenters. The van der Waals surface area contributed by atoms with Crippen LogP contribution in [-0.2, 0) is 6.54 Å². The van der Waals surface area contributed by atoms with Crippen molar-refractivity contribution in [3.05, 3.63) is 53.3 Å². The Morgan fingerprint density at radius 2 is 1.83 bits per heavy atom. The minimum absolute atomic E-state index is 0.521. The van der Waals surface area contributed by atoms with Gasteiger partial charge in [-0.25, -0.2) is 0 Å². The number of nitrogens with two attached hydrogens (primary N) is 1. The quantitative estimate of drug-likeness (QED) is 0.898. The first-order valence-corrected chi connectivity index (χ1v) is 6.07. The number of hydrogen-bond acceptors (Lipinski definition) is 3. The third kappa shape index (κ3) is 2.51. The van der Waals surface area contributed by atoms with Crippen molar-refractivity contribution in [2.24, 2.45) is 5.73 Å². The molecule has 94 valence electrons. The third-order valence-electron chi connectivity index (χ3n) is 3.06. The average molecular weight is 241 g/mol. The molecule has 0 radical (unpaired) electrons. The van der Waals surface area contributed by atoms with Crippen LogP contribution in [0.15, 0.2) is 36.7 Å². The maximum absolute atomic E-state index is 5.77. The summed E-state index contributed by atoms with van der Waals surface area (Å²) in [6.45, 7) is 4.74. The highest BCUT2D eigenvalue weighted by molar-refractivity contribution is 5.66. The number of benzene rings is 1. The Bertz CT molecular complexity index is 529. The lowest BCUT2D eigenvalue weighted by atomic mass is 10.1. The van der Waals surface area contributed by atoms with Crippen LogP contribution in [0.4, 0.5) is 11.4 Å². The first kappa shape index (κ1) is 12.6. The number of aryl methyl sites for hydroxylation is 2. The molecule has 0 fully saturated rings. The minimum Gasteiger partial charge on any atom is -0.343 e. The number of hydrogen-bond donors (Lipinski definition) is 1. The molecule has 0 bridgehead atoms. The Hall–Kier alpha value is -1.87. The van der Waals surface area contributed by atoms with Gasteiger partial charge in [-0.3, -0.25) is 4.98 Å². The Balaban J connectivity index is 2.44. The zero-order chi connectivity index (χ0) is 13.1. The summed E-state index contributed by atoms with van der Waals surface area (Å²) in [4.78, 5) is 6.32. The summed E-state index contributed by atoms with van der Waals surface area (Å²) in [7, 11) is 2.05. The average Bonchev–Trinajstić information content (AvgIpc) is 2.36. The Morgan fingerprint density at radius 3 is 2.44 bits per heavy atom. The molecule has 0 atom stereocenters. The highest BCUT2D eigenvalue weighted by Gasteiger charge is 2.09. The lowest BCUT2D eigenvalue weighted by Crippen LogP contribution is -2.14. The Kier molecular flexibility index (Phi) is 3.63. The van der Waals surface area contributed by atoms with Gasteiger partial charge >= 0.3 is 0 Å². The van der Waals surface area contributed by atoms with Gasteiger partial charge in [0.15, 0.2) is 0 Å². The summed E-state index contributed by atoms with van der Waals surface area (Å²) in [6, 6.07) is 8.47. The van der Waals surface area contributed by atoms with Crippen LogP contribution in [0.2, 0.25) is 0 Å². The smallest absolute Gasteiger partial charge is 0.0640 e. The zero-order valence-electron chi connectivity index (χ0n) is 11.1. The lowest BCUT2D eigenvalue weighted by molar-refractivity contribution is 1.03. The van der Waals surface area contributed by atoms with Gasteiger partial charge in [-0.15, -0.1) is 0 Å². The fraction of sp³-hybridized carbons (Fsp3) is 0.267. The number of nitrogens with zero attached hydrogens (tertiary/aromatic N) is 2. The van der Waals surface area contributed by atoms with Crippen molar-refractivity contribution in [3.63, 3.8) is 0 Å². The highest BCUT2D eigenvalue weighted by Crippen LogP contribution is 2.27. The van der Waals surface area contributed by atoms with Gasteiger partial charge in [0.25, 0.3) is 0 Å². The maximum atomic E-state index is 5.77. The number of pyridine rings is 1. The summed E-state index contributed by atoms with van der Waals surface area (Å²) >= 11 is 0. The molecule has 2 rings (SSSR count). The van der Waals surface area contributed by atoms with E-state index < -0.39 is 0 Å². The molecule has 0 aliphatic carbocycles. The van der Waals surface area contributed by atoms with E-state index in [0.717, 1.165) is 16.9 Å². The van der Waals surface area contributed by atoms with E-state index in [4.69, 9.17) is 5.73 Å². The van der Waals surface area contributed by atoms with Crippen molar-refractivity contribution in [3.8, 4) is 0 Å². The second kappa shape index (κ2) is 5.19.